The number of aromatic nitrogens is 3. The molecule has 1 aromatic heterocycles. The molecular weight excluding hydrogens is 186 g/mol. The van der Waals surface area contributed by atoms with E-state index in [2.05, 4.69) is 10.3 Å². The summed E-state index contributed by atoms with van der Waals surface area (Å²) >= 11 is 0. The van der Waals surface area contributed by atoms with E-state index in [-0.39, 0.29) is 6.61 Å². The number of rotatable bonds is 5. The van der Waals surface area contributed by atoms with Gasteiger partial charge in [0.15, 0.2) is 0 Å². The highest BCUT2D eigenvalue weighted by atomic mass is 16.5. The Morgan fingerprint density at radius 3 is 2.86 bits per heavy atom. The van der Waals surface area contributed by atoms with Gasteiger partial charge in [0.05, 0.1) is 31.1 Å². The molecule has 1 rings (SSSR count). The maximum Gasteiger partial charge on any atom is 0.120 e. The van der Waals surface area contributed by atoms with Crippen molar-refractivity contribution < 1.29 is 14.9 Å². The molecule has 0 spiro atoms. The van der Waals surface area contributed by atoms with E-state index in [1.54, 1.807) is 6.92 Å². The lowest BCUT2D eigenvalue weighted by atomic mass is 10.3. The molecule has 0 amide bonds. The zero-order valence-corrected chi connectivity index (χ0v) is 8.29. The number of aliphatic hydroxyl groups is 2. The second-order valence-corrected chi connectivity index (χ2v) is 3.16. The monoisotopic (exact) mass is 201 g/mol. The van der Waals surface area contributed by atoms with Gasteiger partial charge in [0.25, 0.3) is 0 Å². The molecule has 6 heteroatoms. The van der Waals surface area contributed by atoms with Gasteiger partial charge in [-0.1, -0.05) is 5.21 Å². The van der Waals surface area contributed by atoms with E-state index in [1.807, 2.05) is 0 Å². The van der Waals surface area contributed by atoms with Crippen LogP contribution in [0, 0.1) is 0 Å². The summed E-state index contributed by atoms with van der Waals surface area (Å²) in [5, 5.41) is 26.2. The third-order valence-electron chi connectivity index (χ3n) is 1.75. The van der Waals surface area contributed by atoms with Gasteiger partial charge in [-0.05, 0) is 6.92 Å². The van der Waals surface area contributed by atoms with Crippen LogP contribution in [0.15, 0.2) is 6.20 Å². The van der Waals surface area contributed by atoms with Gasteiger partial charge in [0, 0.05) is 7.11 Å². The summed E-state index contributed by atoms with van der Waals surface area (Å²) < 4.78 is 6.27. The van der Waals surface area contributed by atoms with E-state index in [9.17, 15) is 5.11 Å². The molecule has 6 nitrogen and oxygen atoms in total. The Morgan fingerprint density at radius 2 is 2.29 bits per heavy atom. The third kappa shape index (κ3) is 2.76. The maximum absolute atomic E-state index is 9.60. The molecular formula is C8H15N3O3. The largest absolute Gasteiger partial charge is 0.391 e. The Kier molecular flexibility index (Phi) is 3.99. The van der Waals surface area contributed by atoms with Crippen molar-refractivity contribution in [3.8, 4) is 0 Å². The van der Waals surface area contributed by atoms with Crippen molar-refractivity contribution in [2.75, 3.05) is 13.7 Å². The molecule has 0 aliphatic carbocycles. The van der Waals surface area contributed by atoms with E-state index in [0.717, 1.165) is 0 Å². The Bertz CT molecular complexity index is 275. The van der Waals surface area contributed by atoms with E-state index in [0.29, 0.717) is 12.2 Å². The molecule has 0 saturated carbocycles. The van der Waals surface area contributed by atoms with E-state index in [1.165, 1.54) is 18.0 Å². The lowest BCUT2D eigenvalue weighted by molar-refractivity contribution is 0.0563. The lowest BCUT2D eigenvalue weighted by Crippen LogP contribution is -2.18. The van der Waals surface area contributed by atoms with Crippen LogP contribution in [0.4, 0.5) is 0 Å². The second-order valence-electron chi connectivity index (χ2n) is 3.16. The van der Waals surface area contributed by atoms with Crippen molar-refractivity contribution in [3.63, 3.8) is 0 Å². The number of aliphatic hydroxyl groups excluding tert-OH is 2. The SMILES string of the molecule is COCC(O)c1cnnn1CC(C)O. The molecule has 0 aliphatic heterocycles. The number of ether oxygens (including phenoxy) is 1. The summed E-state index contributed by atoms with van der Waals surface area (Å²) in [5.41, 5.74) is 0.549. The number of hydrogen-bond donors (Lipinski definition) is 2. The first kappa shape index (κ1) is 11.1. The van der Waals surface area contributed by atoms with Gasteiger partial charge in [0.1, 0.15) is 6.10 Å². The molecule has 2 N–H and O–H groups in total. The molecule has 0 bridgehead atoms. The highest BCUT2D eigenvalue weighted by molar-refractivity contribution is 4.99. The van der Waals surface area contributed by atoms with Crippen LogP contribution >= 0.6 is 0 Å². The topological polar surface area (TPSA) is 80.4 Å². The van der Waals surface area contributed by atoms with E-state index in [4.69, 9.17) is 9.84 Å². The van der Waals surface area contributed by atoms with Gasteiger partial charge < -0.3 is 14.9 Å². The summed E-state index contributed by atoms with van der Waals surface area (Å²) in [5.74, 6) is 0. The van der Waals surface area contributed by atoms with E-state index >= 15 is 0 Å². The van der Waals surface area contributed by atoms with Crippen molar-refractivity contribution in [1.29, 1.82) is 0 Å². The Labute approximate surface area is 82.1 Å². The molecule has 2 unspecified atom stereocenters. The van der Waals surface area contributed by atoms with Crippen LogP contribution in [-0.4, -0.2) is 45.0 Å². The van der Waals surface area contributed by atoms with Gasteiger partial charge in [-0.25, -0.2) is 4.68 Å². The minimum absolute atomic E-state index is 0.188. The zero-order chi connectivity index (χ0) is 10.6. The normalized spacial score (nSPS) is 15.4. The van der Waals surface area contributed by atoms with Crippen molar-refractivity contribution in [1.82, 2.24) is 15.0 Å². The minimum Gasteiger partial charge on any atom is -0.391 e. The van der Waals surface area contributed by atoms with Gasteiger partial charge in [-0.15, -0.1) is 5.10 Å². The summed E-state index contributed by atoms with van der Waals surface area (Å²) in [6.45, 7) is 2.15. The summed E-state index contributed by atoms with van der Waals surface area (Å²) in [6, 6.07) is 0. The van der Waals surface area contributed by atoms with Crippen molar-refractivity contribution in [3.05, 3.63) is 11.9 Å². The maximum atomic E-state index is 9.60. The van der Waals surface area contributed by atoms with E-state index < -0.39 is 12.2 Å². The Balaban J connectivity index is 2.70. The average Bonchev–Trinajstić information content (AvgIpc) is 2.51. The first-order valence-electron chi connectivity index (χ1n) is 4.38. The first-order valence-corrected chi connectivity index (χ1v) is 4.38. The highest BCUT2D eigenvalue weighted by Gasteiger charge is 2.14. The van der Waals surface area contributed by atoms with Crippen LogP contribution in [0.1, 0.15) is 18.7 Å². The average molecular weight is 201 g/mol. The second kappa shape index (κ2) is 5.04. The minimum atomic E-state index is -0.756. The fourth-order valence-corrected chi connectivity index (χ4v) is 1.16. The predicted octanol–water partition coefficient (Wildman–Crippen LogP) is -0.661. The quantitative estimate of drug-likeness (QED) is 0.661. The van der Waals surface area contributed by atoms with Gasteiger partial charge in [0.2, 0.25) is 0 Å². The molecule has 0 fully saturated rings. The van der Waals surface area contributed by atoms with Crippen molar-refractivity contribution in [2.45, 2.75) is 25.7 Å². The van der Waals surface area contributed by atoms with Crippen molar-refractivity contribution in [2.24, 2.45) is 0 Å². The molecule has 80 valence electrons. The lowest BCUT2D eigenvalue weighted by Gasteiger charge is -2.12. The van der Waals surface area contributed by atoms with Gasteiger partial charge in [-0.2, -0.15) is 0 Å². The van der Waals surface area contributed by atoms with Crippen LogP contribution in [0.5, 0.6) is 0 Å². The number of hydrogen-bond acceptors (Lipinski definition) is 5. The molecule has 14 heavy (non-hydrogen) atoms. The molecule has 0 saturated heterocycles. The zero-order valence-electron chi connectivity index (χ0n) is 8.29. The van der Waals surface area contributed by atoms with Crippen LogP contribution in [0.2, 0.25) is 0 Å². The smallest absolute Gasteiger partial charge is 0.120 e. The summed E-state index contributed by atoms with van der Waals surface area (Å²) in [6.07, 6.45) is 0.186. The molecule has 0 radical (unpaired) electrons. The summed E-state index contributed by atoms with van der Waals surface area (Å²) in [4.78, 5) is 0. The van der Waals surface area contributed by atoms with Crippen LogP contribution in [0.3, 0.4) is 0 Å². The Hall–Kier alpha value is -0.980. The molecule has 0 aromatic carbocycles. The number of nitrogens with zero attached hydrogens (tertiary/aromatic N) is 3. The first-order chi connectivity index (χ1) is 6.65. The number of methoxy groups -OCH3 is 1. The van der Waals surface area contributed by atoms with Gasteiger partial charge in [-0.3, -0.25) is 0 Å². The van der Waals surface area contributed by atoms with Gasteiger partial charge >= 0.3 is 0 Å². The van der Waals surface area contributed by atoms with Crippen molar-refractivity contribution >= 4 is 0 Å². The Morgan fingerprint density at radius 1 is 1.57 bits per heavy atom. The molecule has 1 heterocycles. The van der Waals surface area contributed by atoms with Crippen LogP contribution < -0.4 is 0 Å². The third-order valence-corrected chi connectivity index (χ3v) is 1.75. The molecule has 0 aliphatic rings. The molecule has 2 atom stereocenters. The standard InChI is InChI=1S/C8H15N3O3/c1-6(12)4-11-7(3-9-10-11)8(13)5-14-2/h3,6,8,12-13H,4-5H2,1-2H3. The fraction of sp³-hybridized carbons (Fsp3) is 0.750. The van der Waals surface area contributed by atoms with Crippen LogP contribution in [-0.2, 0) is 11.3 Å². The predicted molar refractivity (Wildman–Crippen MR) is 48.5 cm³/mol. The highest BCUT2D eigenvalue weighted by Crippen LogP contribution is 2.11. The summed E-state index contributed by atoms with van der Waals surface area (Å²) in [7, 11) is 1.51. The fourth-order valence-electron chi connectivity index (χ4n) is 1.16. The van der Waals surface area contributed by atoms with Crippen LogP contribution in [0.25, 0.3) is 0 Å². The molecule has 1 aromatic rings.